The van der Waals surface area contributed by atoms with Crippen LogP contribution in [-0.2, 0) is 11.2 Å². The molecule has 1 aromatic heterocycles. The van der Waals surface area contributed by atoms with Crippen LogP contribution < -0.4 is 0 Å². The Balaban J connectivity index is 1.84. The van der Waals surface area contributed by atoms with Gasteiger partial charge in [0.25, 0.3) is 0 Å². The van der Waals surface area contributed by atoms with Gasteiger partial charge in [0.05, 0.1) is 22.6 Å². The van der Waals surface area contributed by atoms with Gasteiger partial charge in [0.15, 0.2) is 0 Å². The van der Waals surface area contributed by atoms with Gasteiger partial charge in [-0.25, -0.2) is 0 Å². The Morgan fingerprint density at radius 2 is 2.10 bits per heavy atom. The lowest BCUT2D eigenvalue weighted by Crippen LogP contribution is -2.20. The summed E-state index contributed by atoms with van der Waals surface area (Å²) in [5.41, 5.74) is 1.15. The summed E-state index contributed by atoms with van der Waals surface area (Å²) in [6.07, 6.45) is 9.28. The molecule has 7 heteroatoms. The second kappa shape index (κ2) is 11.9. The molecule has 5 unspecified atom stereocenters. The van der Waals surface area contributed by atoms with Crippen molar-refractivity contribution in [1.82, 2.24) is 0 Å². The van der Waals surface area contributed by atoms with E-state index in [1.807, 2.05) is 31.2 Å². The molecule has 0 bridgehead atoms. The molecule has 1 heterocycles. The van der Waals surface area contributed by atoms with Crippen molar-refractivity contribution in [1.29, 1.82) is 0 Å². The molecule has 5 atom stereocenters. The minimum Gasteiger partial charge on any atom is -0.481 e. The van der Waals surface area contributed by atoms with Crippen LogP contribution in [0.5, 0.6) is 0 Å². The number of allylic oxidation sites excluding steroid dienone is 2. The second-order valence-corrected chi connectivity index (χ2v) is 9.62. The second-order valence-electron chi connectivity index (χ2n) is 7.73. The van der Waals surface area contributed by atoms with Gasteiger partial charge in [0.1, 0.15) is 0 Å². The van der Waals surface area contributed by atoms with Gasteiger partial charge in [0.2, 0.25) is 0 Å². The Bertz CT molecular complexity index is 714. The summed E-state index contributed by atoms with van der Waals surface area (Å²) in [6.45, 7) is 2.02. The smallest absolute Gasteiger partial charge is 0.303 e. The fourth-order valence-electron chi connectivity index (χ4n) is 3.83. The molecular formula is C22H31ClO5S. The number of carbonyl (C=O) groups is 1. The number of aliphatic hydroxyl groups is 3. The van der Waals surface area contributed by atoms with Crippen LogP contribution in [0.3, 0.4) is 0 Å². The van der Waals surface area contributed by atoms with Crippen molar-refractivity contribution in [2.45, 2.75) is 70.2 Å². The van der Waals surface area contributed by atoms with Crippen LogP contribution in [0.15, 0.2) is 30.4 Å². The van der Waals surface area contributed by atoms with Crippen LogP contribution in [0, 0.1) is 18.8 Å². The minimum absolute atomic E-state index is 0.109. The average Bonchev–Trinajstić information content (AvgIpc) is 3.11. The summed E-state index contributed by atoms with van der Waals surface area (Å²) < 4.78 is 0.754. The Hall–Kier alpha value is -1.18. The van der Waals surface area contributed by atoms with Crippen molar-refractivity contribution in [3.8, 4) is 0 Å². The van der Waals surface area contributed by atoms with Crippen LogP contribution >= 0.6 is 22.9 Å². The van der Waals surface area contributed by atoms with E-state index in [4.69, 9.17) is 16.7 Å². The van der Waals surface area contributed by atoms with E-state index in [0.717, 1.165) is 21.2 Å². The number of hydrogen-bond acceptors (Lipinski definition) is 5. The van der Waals surface area contributed by atoms with Crippen LogP contribution in [-0.4, -0.2) is 44.7 Å². The van der Waals surface area contributed by atoms with Gasteiger partial charge < -0.3 is 20.4 Å². The lowest BCUT2D eigenvalue weighted by Gasteiger charge is -2.19. The van der Waals surface area contributed by atoms with E-state index in [1.54, 1.807) is 6.08 Å². The predicted molar refractivity (Wildman–Crippen MR) is 116 cm³/mol. The Morgan fingerprint density at radius 3 is 2.76 bits per heavy atom. The van der Waals surface area contributed by atoms with Crippen molar-refractivity contribution >= 4 is 28.9 Å². The third-order valence-corrected chi connectivity index (χ3v) is 6.73. The Labute approximate surface area is 181 Å². The van der Waals surface area contributed by atoms with Gasteiger partial charge in [-0.2, -0.15) is 0 Å². The molecule has 0 amide bonds. The van der Waals surface area contributed by atoms with Gasteiger partial charge in [-0.1, -0.05) is 35.9 Å². The quantitative estimate of drug-likeness (QED) is 0.305. The topological polar surface area (TPSA) is 98.0 Å². The molecule has 0 spiro atoms. The maximum absolute atomic E-state index is 10.5. The molecule has 0 aromatic carbocycles. The van der Waals surface area contributed by atoms with Gasteiger partial charge >= 0.3 is 5.97 Å². The fourth-order valence-corrected chi connectivity index (χ4v) is 5.10. The average molecular weight is 443 g/mol. The van der Waals surface area contributed by atoms with Crippen LogP contribution in [0.1, 0.15) is 49.0 Å². The number of unbranched alkanes of at least 4 members (excludes halogenated alkanes) is 1. The first-order valence-electron chi connectivity index (χ1n) is 10.1. The number of aliphatic carboxylic acids is 1. The summed E-state index contributed by atoms with van der Waals surface area (Å²) in [5.74, 6) is -1.11. The number of aryl methyl sites for hydroxylation is 2. The highest BCUT2D eigenvalue weighted by Crippen LogP contribution is 2.36. The number of rotatable bonds is 11. The number of halogens is 1. The molecule has 0 radical (unpaired) electrons. The molecule has 1 fully saturated rings. The Morgan fingerprint density at radius 1 is 1.34 bits per heavy atom. The number of thiophene rings is 1. The third-order valence-electron chi connectivity index (χ3n) is 5.51. The van der Waals surface area contributed by atoms with E-state index < -0.39 is 24.3 Å². The highest BCUT2D eigenvalue weighted by molar-refractivity contribution is 7.16. The first-order chi connectivity index (χ1) is 13.8. The van der Waals surface area contributed by atoms with Crippen LogP contribution in [0.4, 0.5) is 0 Å². The van der Waals surface area contributed by atoms with Crippen molar-refractivity contribution in [3.05, 3.63) is 45.1 Å². The van der Waals surface area contributed by atoms with Crippen molar-refractivity contribution in [2.75, 3.05) is 0 Å². The summed E-state index contributed by atoms with van der Waals surface area (Å²) in [4.78, 5) is 11.7. The fraction of sp³-hybridized carbons (Fsp3) is 0.591. The van der Waals surface area contributed by atoms with Crippen LogP contribution in [0.2, 0.25) is 4.34 Å². The summed E-state index contributed by atoms with van der Waals surface area (Å²) >= 11 is 7.56. The summed E-state index contributed by atoms with van der Waals surface area (Å²) in [6, 6.07) is 1.94. The number of hydrogen-bond donors (Lipinski definition) is 4. The van der Waals surface area contributed by atoms with Crippen molar-refractivity contribution < 1.29 is 25.2 Å². The summed E-state index contributed by atoms with van der Waals surface area (Å²) in [7, 11) is 0. The molecule has 1 aliphatic rings. The molecule has 29 heavy (non-hydrogen) atoms. The normalized spacial score (nSPS) is 26.0. The zero-order valence-corrected chi connectivity index (χ0v) is 18.3. The molecule has 162 valence electrons. The van der Waals surface area contributed by atoms with Gasteiger partial charge in [-0.05, 0) is 56.6 Å². The minimum atomic E-state index is -0.797. The maximum atomic E-state index is 10.5. The zero-order chi connectivity index (χ0) is 21.4. The number of carboxylic acids is 1. The highest BCUT2D eigenvalue weighted by Gasteiger charge is 2.39. The highest BCUT2D eigenvalue weighted by atomic mass is 35.5. The number of aliphatic hydroxyl groups excluding tert-OH is 3. The SMILES string of the molecule is Cc1sc(Cl)cc1CCC(O)C=CC1C(O)CC(O)C1CC=CCCCC(=O)O. The summed E-state index contributed by atoms with van der Waals surface area (Å²) in [5, 5.41) is 39.5. The van der Waals surface area contributed by atoms with Gasteiger partial charge in [0, 0.05) is 23.6 Å². The predicted octanol–water partition coefficient (Wildman–Crippen LogP) is 4.12. The van der Waals surface area contributed by atoms with E-state index in [2.05, 4.69) is 0 Å². The largest absolute Gasteiger partial charge is 0.481 e. The van der Waals surface area contributed by atoms with E-state index in [0.29, 0.717) is 32.1 Å². The monoisotopic (exact) mass is 442 g/mol. The molecule has 0 saturated heterocycles. The zero-order valence-electron chi connectivity index (χ0n) is 16.7. The molecule has 1 saturated carbocycles. The molecule has 0 aliphatic heterocycles. The van der Waals surface area contributed by atoms with Gasteiger partial charge in [-0.15, -0.1) is 11.3 Å². The van der Waals surface area contributed by atoms with Crippen LogP contribution in [0.25, 0.3) is 0 Å². The van der Waals surface area contributed by atoms with Gasteiger partial charge in [-0.3, -0.25) is 4.79 Å². The maximum Gasteiger partial charge on any atom is 0.303 e. The van der Waals surface area contributed by atoms with E-state index in [-0.39, 0.29) is 18.3 Å². The molecule has 5 nitrogen and oxygen atoms in total. The third kappa shape index (κ3) is 7.87. The van der Waals surface area contributed by atoms with E-state index in [9.17, 15) is 20.1 Å². The first kappa shape index (κ1) is 24.1. The molecule has 2 rings (SSSR count). The lowest BCUT2D eigenvalue weighted by atomic mass is 9.89. The molecule has 1 aliphatic carbocycles. The lowest BCUT2D eigenvalue weighted by molar-refractivity contribution is -0.137. The first-order valence-corrected chi connectivity index (χ1v) is 11.3. The van der Waals surface area contributed by atoms with Crippen molar-refractivity contribution in [3.63, 3.8) is 0 Å². The van der Waals surface area contributed by atoms with E-state index in [1.165, 1.54) is 11.3 Å². The standard InChI is InChI=1S/C22H31ClO5S/c1-14-15(12-21(23)29-14)8-9-16(24)10-11-18-17(19(25)13-20(18)26)6-4-2-3-5-7-22(27)28/h2,4,10-12,16-20,24-26H,3,5-9,13H2,1H3,(H,27,28). The molecule has 1 aromatic rings. The molecular weight excluding hydrogens is 412 g/mol. The van der Waals surface area contributed by atoms with Crippen molar-refractivity contribution in [2.24, 2.45) is 11.8 Å². The van der Waals surface area contributed by atoms with E-state index >= 15 is 0 Å². The number of carboxylic acid groups (broad SMARTS) is 1. The molecule has 4 N–H and O–H groups in total. The Kier molecular flexibility index (Phi) is 9.86.